The molecule has 0 saturated heterocycles. The monoisotopic (exact) mass is 282 g/mol. The van der Waals surface area contributed by atoms with Crippen LogP contribution in [0, 0.1) is 5.82 Å². The van der Waals surface area contributed by atoms with E-state index in [1.807, 2.05) is 13.0 Å². The molecule has 0 spiro atoms. The van der Waals surface area contributed by atoms with E-state index < -0.39 is 0 Å². The second-order valence-electron chi connectivity index (χ2n) is 4.02. The van der Waals surface area contributed by atoms with Crippen LogP contribution in [0.5, 0.6) is 0 Å². The first-order valence-corrected chi connectivity index (χ1v) is 6.72. The topological polar surface area (TPSA) is 62.7 Å². The minimum Gasteiger partial charge on any atom is -0.313 e. The van der Waals surface area contributed by atoms with E-state index in [0.717, 1.165) is 23.9 Å². The summed E-state index contributed by atoms with van der Waals surface area (Å²) in [6.07, 6.45) is 0. The van der Waals surface area contributed by atoms with E-state index >= 15 is 0 Å². The fourth-order valence-corrected chi connectivity index (χ4v) is 2.33. The number of halogens is 1. The Balaban J connectivity index is 2.17. The lowest BCUT2D eigenvalue weighted by atomic mass is 10.2. The number of aromatic amines is 1. The Hall–Kier alpha value is -1.60. The number of nitrogens with one attached hydrogen (secondary N) is 2. The summed E-state index contributed by atoms with van der Waals surface area (Å²) < 4.78 is 15.3. The summed E-state index contributed by atoms with van der Waals surface area (Å²) in [6, 6.07) is 5.06. The fraction of sp³-hybridized carbons (Fsp3) is 0.333. The molecule has 1 aromatic carbocycles. The SMILES string of the molecule is CCNCc1ccc(Sc2n[nH]c(=O)n2C)c(F)c1. The van der Waals surface area contributed by atoms with E-state index in [4.69, 9.17) is 0 Å². The Bertz CT molecular complexity index is 622. The van der Waals surface area contributed by atoms with Gasteiger partial charge in [-0.1, -0.05) is 13.0 Å². The quantitative estimate of drug-likeness (QED) is 0.872. The molecule has 2 aromatic rings. The van der Waals surface area contributed by atoms with Gasteiger partial charge < -0.3 is 5.32 Å². The Morgan fingerprint density at radius 3 is 2.89 bits per heavy atom. The molecule has 0 unspecified atom stereocenters. The molecule has 102 valence electrons. The van der Waals surface area contributed by atoms with Crippen LogP contribution in [-0.2, 0) is 13.6 Å². The highest BCUT2D eigenvalue weighted by Crippen LogP contribution is 2.27. The van der Waals surface area contributed by atoms with Crippen LogP contribution in [0.3, 0.4) is 0 Å². The summed E-state index contributed by atoms with van der Waals surface area (Å²) in [7, 11) is 1.59. The van der Waals surface area contributed by atoms with Gasteiger partial charge in [-0.15, -0.1) is 5.10 Å². The zero-order valence-corrected chi connectivity index (χ0v) is 11.6. The summed E-state index contributed by atoms with van der Waals surface area (Å²) in [4.78, 5) is 11.7. The van der Waals surface area contributed by atoms with Crippen molar-refractivity contribution in [2.24, 2.45) is 7.05 Å². The van der Waals surface area contributed by atoms with E-state index in [9.17, 15) is 9.18 Å². The number of rotatable bonds is 5. The molecular formula is C12H15FN4OS. The second kappa shape index (κ2) is 6.03. The van der Waals surface area contributed by atoms with E-state index in [-0.39, 0.29) is 11.5 Å². The third kappa shape index (κ3) is 3.24. The van der Waals surface area contributed by atoms with Crippen LogP contribution in [0.25, 0.3) is 0 Å². The number of benzene rings is 1. The maximum Gasteiger partial charge on any atom is 0.343 e. The summed E-state index contributed by atoms with van der Waals surface area (Å²) in [6.45, 7) is 3.48. The number of hydrogen-bond donors (Lipinski definition) is 2. The van der Waals surface area contributed by atoms with Gasteiger partial charge in [0, 0.05) is 13.6 Å². The van der Waals surface area contributed by atoms with Gasteiger partial charge in [0.25, 0.3) is 0 Å². The molecule has 1 aromatic heterocycles. The van der Waals surface area contributed by atoms with Crippen LogP contribution in [0.4, 0.5) is 4.39 Å². The summed E-state index contributed by atoms with van der Waals surface area (Å²) in [5.41, 5.74) is 0.575. The van der Waals surface area contributed by atoms with Crippen LogP contribution in [-0.4, -0.2) is 21.3 Å². The van der Waals surface area contributed by atoms with Gasteiger partial charge in [-0.25, -0.2) is 14.3 Å². The molecule has 0 aliphatic heterocycles. The fourth-order valence-electron chi connectivity index (χ4n) is 1.53. The highest BCUT2D eigenvalue weighted by atomic mass is 32.2. The number of hydrogen-bond acceptors (Lipinski definition) is 4. The first kappa shape index (κ1) is 13.8. The lowest BCUT2D eigenvalue weighted by Crippen LogP contribution is -2.13. The Labute approximate surface area is 114 Å². The molecule has 0 radical (unpaired) electrons. The first-order chi connectivity index (χ1) is 9.11. The predicted molar refractivity (Wildman–Crippen MR) is 71.7 cm³/mol. The molecule has 2 N–H and O–H groups in total. The standard InChI is InChI=1S/C12H15FN4OS/c1-3-14-7-8-4-5-10(9(13)6-8)19-12-16-15-11(18)17(12)2/h4-6,14H,3,7H2,1-2H3,(H,15,18). The number of H-pyrrole nitrogens is 1. The number of aromatic nitrogens is 3. The highest BCUT2D eigenvalue weighted by Gasteiger charge is 2.10. The van der Waals surface area contributed by atoms with E-state index in [2.05, 4.69) is 15.5 Å². The third-order valence-corrected chi connectivity index (χ3v) is 3.71. The van der Waals surface area contributed by atoms with Crippen molar-refractivity contribution in [1.82, 2.24) is 20.1 Å². The Morgan fingerprint density at radius 2 is 2.32 bits per heavy atom. The molecule has 5 nitrogen and oxygen atoms in total. The average Bonchev–Trinajstić information content (AvgIpc) is 2.71. The molecule has 19 heavy (non-hydrogen) atoms. The van der Waals surface area contributed by atoms with Gasteiger partial charge in [-0.2, -0.15) is 0 Å². The zero-order valence-electron chi connectivity index (χ0n) is 10.7. The van der Waals surface area contributed by atoms with Crippen molar-refractivity contribution >= 4 is 11.8 Å². The van der Waals surface area contributed by atoms with E-state index in [1.165, 1.54) is 10.6 Å². The average molecular weight is 282 g/mol. The van der Waals surface area contributed by atoms with Gasteiger partial charge in [-0.3, -0.25) is 4.57 Å². The van der Waals surface area contributed by atoms with Gasteiger partial charge >= 0.3 is 5.69 Å². The van der Waals surface area contributed by atoms with Crippen molar-refractivity contribution in [2.75, 3.05) is 6.54 Å². The normalized spacial score (nSPS) is 10.9. The Morgan fingerprint density at radius 1 is 1.53 bits per heavy atom. The molecule has 0 atom stereocenters. The van der Waals surface area contributed by atoms with Crippen molar-refractivity contribution in [2.45, 2.75) is 23.5 Å². The van der Waals surface area contributed by atoms with Gasteiger partial charge in [-0.05, 0) is 36.0 Å². The first-order valence-electron chi connectivity index (χ1n) is 5.90. The largest absolute Gasteiger partial charge is 0.343 e. The molecule has 2 rings (SSSR count). The van der Waals surface area contributed by atoms with E-state index in [1.54, 1.807) is 13.1 Å². The van der Waals surface area contributed by atoms with Gasteiger partial charge in [0.15, 0.2) is 5.16 Å². The summed E-state index contributed by atoms with van der Waals surface area (Å²) >= 11 is 1.12. The third-order valence-electron chi connectivity index (χ3n) is 2.62. The van der Waals surface area contributed by atoms with Crippen LogP contribution in [0.1, 0.15) is 12.5 Å². The smallest absolute Gasteiger partial charge is 0.313 e. The minimum absolute atomic E-state index is 0.309. The maximum atomic E-state index is 13.9. The van der Waals surface area contributed by atoms with Crippen molar-refractivity contribution in [3.63, 3.8) is 0 Å². The summed E-state index contributed by atoms with van der Waals surface area (Å²) in [5, 5.41) is 9.72. The van der Waals surface area contributed by atoms with E-state index in [0.29, 0.717) is 16.6 Å². The van der Waals surface area contributed by atoms with Crippen LogP contribution < -0.4 is 11.0 Å². The minimum atomic E-state index is -0.313. The highest BCUT2D eigenvalue weighted by molar-refractivity contribution is 7.99. The molecule has 0 aliphatic carbocycles. The maximum absolute atomic E-state index is 13.9. The summed E-state index contributed by atoms with van der Waals surface area (Å²) in [5.74, 6) is -0.309. The van der Waals surface area contributed by atoms with Crippen molar-refractivity contribution < 1.29 is 4.39 Å². The lowest BCUT2D eigenvalue weighted by Gasteiger charge is -2.06. The molecule has 1 heterocycles. The van der Waals surface area contributed by atoms with Crippen LogP contribution in [0.15, 0.2) is 33.0 Å². The van der Waals surface area contributed by atoms with Crippen molar-refractivity contribution in [3.05, 3.63) is 40.1 Å². The molecular weight excluding hydrogens is 267 g/mol. The van der Waals surface area contributed by atoms with Crippen LogP contribution >= 0.6 is 11.8 Å². The van der Waals surface area contributed by atoms with Crippen LogP contribution in [0.2, 0.25) is 0 Å². The molecule has 0 aliphatic rings. The van der Waals surface area contributed by atoms with Gasteiger partial charge in [0.05, 0.1) is 4.90 Å². The number of nitrogens with zero attached hydrogens (tertiary/aromatic N) is 2. The van der Waals surface area contributed by atoms with Gasteiger partial charge in [0.2, 0.25) is 0 Å². The zero-order chi connectivity index (χ0) is 13.8. The molecule has 7 heteroatoms. The molecule has 0 saturated carbocycles. The molecule has 0 bridgehead atoms. The predicted octanol–water partition coefficient (Wildman–Crippen LogP) is 1.51. The van der Waals surface area contributed by atoms with Crippen molar-refractivity contribution in [3.8, 4) is 0 Å². The molecule has 0 amide bonds. The van der Waals surface area contributed by atoms with Crippen molar-refractivity contribution in [1.29, 1.82) is 0 Å². The lowest BCUT2D eigenvalue weighted by molar-refractivity contribution is 0.596. The Kier molecular flexibility index (Phi) is 4.39. The van der Waals surface area contributed by atoms with Gasteiger partial charge in [0.1, 0.15) is 5.82 Å². The molecule has 0 fully saturated rings. The second-order valence-corrected chi connectivity index (χ2v) is 5.03.